The highest BCUT2D eigenvalue weighted by atomic mass is 16.5. The molecule has 38 heavy (non-hydrogen) atoms. The summed E-state index contributed by atoms with van der Waals surface area (Å²) in [6.07, 6.45) is 0.425. The summed E-state index contributed by atoms with van der Waals surface area (Å²) < 4.78 is 5.20. The second-order valence-electron chi connectivity index (χ2n) is 9.05. The first-order chi connectivity index (χ1) is 18.4. The van der Waals surface area contributed by atoms with Crippen molar-refractivity contribution in [2.24, 2.45) is 0 Å². The quantitative estimate of drug-likeness (QED) is 0.343. The van der Waals surface area contributed by atoms with E-state index in [9.17, 15) is 9.59 Å². The summed E-state index contributed by atoms with van der Waals surface area (Å²) in [5.74, 6) is 0.630. The topological polar surface area (TPSA) is 102 Å². The zero-order valence-electron chi connectivity index (χ0n) is 22.1. The van der Waals surface area contributed by atoms with Crippen LogP contribution in [0.15, 0.2) is 72.8 Å². The number of aryl methyl sites for hydroxylation is 2. The Bertz CT molecular complexity index is 1380. The molecule has 9 nitrogen and oxygen atoms in total. The summed E-state index contributed by atoms with van der Waals surface area (Å²) in [5.41, 5.74) is 4.42. The molecular formula is C29H32N6O3. The summed E-state index contributed by atoms with van der Waals surface area (Å²) in [5, 5.41) is 15.6. The van der Waals surface area contributed by atoms with Crippen LogP contribution in [-0.4, -0.2) is 45.2 Å². The van der Waals surface area contributed by atoms with Crippen molar-refractivity contribution in [1.29, 1.82) is 0 Å². The number of amides is 2. The van der Waals surface area contributed by atoms with Crippen molar-refractivity contribution in [2.75, 3.05) is 12.0 Å². The Kier molecular flexibility index (Phi) is 8.47. The fraction of sp³-hybridized carbons (Fsp3) is 0.276. The lowest BCUT2D eigenvalue weighted by molar-refractivity contribution is -0.127. The molecule has 3 aromatic carbocycles. The first-order valence-electron chi connectivity index (χ1n) is 12.5. The molecule has 1 atom stereocenters. The van der Waals surface area contributed by atoms with Crippen molar-refractivity contribution in [1.82, 2.24) is 25.5 Å². The van der Waals surface area contributed by atoms with E-state index in [2.05, 4.69) is 20.7 Å². The van der Waals surface area contributed by atoms with Crippen LogP contribution >= 0.6 is 0 Å². The maximum absolute atomic E-state index is 13.7. The van der Waals surface area contributed by atoms with Gasteiger partial charge in [-0.3, -0.25) is 14.5 Å². The van der Waals surface area contributed by atoms with Gasteiger partial charge in [-0.1, -0.05) is 67.1 Å². The van der Waals surface area contributed by atoms with E-state index in [1.54, 1.807) is 12.0 Å². The molecule has 196 valence electrons. The molecule has 1 aromatic heterocycles. The number of rotatable bonds is 10. The minimum atomic E-state index is -0.720. The fourth-order valence-corrected chi connectivity index (χ4v) is 4.17. The van der Waals surface area contributed by atoms with Gasteiger partial charge in [-0.25, -0.2) is 0 Å². The summed E-state index contributed by atoms with van der Waals surface area (Å²) in [6, 6.07) is 22.1. The third-order valence-corrected chi connectivity index (χ3v) is 6.31. The molecule has 0 aliphatic carbocycles. The second-order valence-corrected chi connectivity index (χ2v) is 9.05. The van der Waals surface area contributed by atoms with Crippen LogP contribution in [0.1, 0.15) is 30.0 Å². The summed E-state index contributed by atoms with van der Waals surface area (Å²) in [7, 11) is 1.61. The third-order valence-electron chi connectivity index (χ3n) is 6.31. The van der Waals surface area contributed by atoms with Crippen molar-refractivity contribution in [2.45, 2.75) is 46.3 Å². The van der Waals surface area contributed by atoms with E-state index < -0.39 is 6.04 Å². The van der Waals surface area contributed by atoms with Gasteiger partial charge in [0, 0.05) is 17.8 Å². The Morgan fingerprint density at radius 1 is 1.00 bits per heavy atom. The number of nitrogens with one attached hydrogen (secondary N) is 1. The molecule has 0 saturated carbocycles. The molecular weight excluding hydrogens is 480 g/mol. The Morgan fingerprint density at radius 3 is 2.37 bits per heavy atom. The zero-order valence-corrected chi connectivity index (χ0v) is 22.1. The largest absolute Gasteiger partial charge is 0.497 e. The van der Waals surface area contributed by atoms with E-state index >= 15 is 0 Å². The van der Waals surface area contributed by atoms with Gasteiger partial charge >= 0.3 is 0 Å². The zero-order chi connectivity index (χ0) is 27.1. The molecule has 1 unspecified atom stereocenters. The van der Waals surface area contributed by atoms with Crippen molar-refractivity contribution < 1.29 is 14.3 Å². The second kappa shape index (κ2) is 12.1. The normalized spacial score (nSPS) is 11.6. The number of nitrogens with zero attached hydrogens (tertiary/aromatic N) is 5. The van der Waals surface area contributed by atoms with E-state index in [-0.39, 0.29) is 18.4 Å². The number of aromatic nitrogens is 4. The van der Waals surface area contributed by atoms with Gasteiger partial charge in [0.2, 0.25) is 11.7 Å². The maximum Gasteiger partial charge on any atom is 0.251 e. The summed E-state index contributed by atoms with van der Waals surface area (Å²) >= 11 is 0. The van der Waals surface area contributed by atoms with Crippen LogP contribution < -0.4 is 15.0 Å². The number of ether oxygens (including phenoxy) is 1. The maximum atomic E-state index is 13.7. The predicted octanol–water partition coefficient (Wildman–Crippen LogP) is 4.09. The van der Waals surface area contributed by atoms with Crippen LogP contribution in [0.3, 0.4) is 0 Å². The molecule has 4 rings (SSSR count). The molecule has 0 bridgehead atoms. The molecule has 0 aliphatic heterocycles. The van der Waals surface area contributed by atoms with E-state index in [4.69, 9.17) is 4.74 Å². The Hall–Kier alpha value is -4.53. The first kappa shape index (κ1) is 26.5. The standard InChI is InChI=1S/C29H32N6O3/c1-5-25(29(37)30-18-22-12-16-24(38-4)17-13-22)35(26-9-7-6-8-21(26)3)27(36)19-34-32-28(31-33-34)23-14-10-20(2)11-15-23/h6-17,25H,5,18-19H2,1-4H3,(H,30,37). The van der Waals surface area contributed by atoms with E-state index in [0.717, 1.165) is 28.0 Å². The molecule has 0 aliphatic rings. The van der Waals surface area contributed by atoms with E-state index in [1.165, 1.54) is 4.80 Å². The fourth-order valence-electron chi connectivity index (χ4n) is 4.17. The minimum Gasteiger partial charge on any atom is -0.497 e. The van der Waals surface area contributed by atoms with E-state index in [0.29, 0.717) is 24.5 Å². The average molecular weight is 513 g/mol. The lowest BCUT2D eigenvalue weighted by Gasteiger charge is -2.31. The van der Waals surface area contributed by atoms with Crippen LogP contribution in [0.25, 0.3) is 11.4 Å². The van der Waals surface area contributed by atoms with Crippen LogP contribution in [-0.2, 0) is 22.7 Å². The number of hydrogen-bond acceptors (Lipinski definition) is 6. The molecule has 0 spiro atoms. The summed E-state index contributed by atoms with van der Waals surface area (Å²) in [4.78, 5) is 29.9. The van der Waals surface area contributed by atoms with Gasteiger partial charge in [0.25, 0.3) is 5.91 Å². The number of para-hydroxylation sites is 1. The van der Waals surface area contributed by atoms with Crippen molar-refractivity contribution >= 4 is 17.5 Å². The third kappa shape index (κ3) is 6.23. The first-order valence-corrected chi connectivity index (χ1v) is 12.5. The van der Waals surface area contributed by atoms with Gasteiger partial charge < -0.3 is 10.1 Å². The van der Waals surface area contributed by atoms with Crippen LogP contribution in [0, 0.1) is 13.8 Å². The van der Waals surface area contributed by atoms with Crippen LogP contribution in [0.2, 0.25) is 0 Å². The molecule has 0 radical (unpaired) electrons. The Balaban J connectivity index is 1.55. The van der Waals surface area contributed by atoms with Gasteiger partial charge in [-0.15, -0.1) is 10.2 Å². The van der Waals surface area contributed by atoms with E-state index in [1.807, 2.05) is 93.6 Å². The van der Waals surface area contributed by atoms with Crippen molar-refractivity contribution in [3.8, 4) is 17.1 Å². The molecule has 1 N–H and O–H groups in total. The highest BCUT2D eigenvalue weighted by Crippen LogP contribution is 2.24. The molecule has 0 saturated heterocycles. The van der Waals surface area contributed by atoms with Gasteiger partial charge in [0.15, 0.2) is 0 Å². The van der Waals surface area contributed by atoms with Crippen LogP contribution in [0.4, 0.5) is 5.69 Å². The van der Waals surface area contributed by atoms with Gasteiger partial charge in [0.05, 0.1) is 7.11 Å². The monoisotopic (exact) mass is 512 g/mol. The number of carbonyl (C=O) groups is 2. The minimum absolute atomic E-state index is 0.157. The molecule has 9 heteroatoms. The van der Waals surface area contributed by atoms with Crippen molar-refractivity contribution in [3.63, 3.8) is 0 Å². The number of hydrogen-bond donors (Lipinski definition) is 1. The number of methoxy groups -OCH3 is 1. The Morgan fingerprint density at radius 2 is 1.71 bits per heavy atom. The molecule has 0 fully saturated rings. The molecule has 4 aromatic rings. The number of benzene rings is 3. The number of anilines is 1. The lowest BCUT2D eigenvalue weighted by atomic mass is 10.1. The number of tetrazole rings is 1. The summed E-state index contributed by atoms with van der Waals surface area (Å²) in [6.45, 7) is 5.99. The van der Waals surface area contributed by atoms with Crippen molar-refractivity contribution in [3.05, 3.63) is 89.5 Å². The van der Waals surface area contributed by atoms with Gasteiger partial charge in [-0.2, -0.15) is 4.80 Å². The number of carbonyl (C=O) groups excluding carboxylic acids is 2. The van der Waals surface area contributed by atoms with Gasteiger partial charge in [0.1, 0.15) is 18.3 Å². The molecule has 1 heterocycles. The predicted molar refractivity (Wildman–Crippen MR) is 146 cm³/mol. The molecule has 2 amide bonds. The highest BCUT2D eigenvalue weighted by molar-refractivity contribution is 6.01. The Labute approximate surface area is 222 Å². The van der Waals surface area contributed by atoms with Crippen LogP contribution in [0.5, 0.6) is 5.75 Å². The van der Waals surface area contributed by atoms with Gasteiger partial charge in [-0.05, 0) is 54.8 Å². The SMILES string of the molecule is CCC(C(=O)NCc1ccc(OC)cc1)N(C(=O)Cn1nnc(-c2ccc(C)cc2)n1)c1ccccc1C. The highest BCUT2D eigenvalue weighted by Gasteiger charge is 2.31. The lowest BCUT2D eigenvalue weighted by Crippen LogP contribution is -2.51. The smallest absolute Gasteiger partial charge is 0.251 e. The average Bonchev–Trinajstić information content (AvgIpc) is 3.39.